The van der Waals surface area contributed by atoms with Crippen LogP contribution >= 0.6 is 0 Å². The Kier molecular flexibility index (Phi) is 3.10. The molecule has 0 amide bonds. The lowest BCUT2D eigenvalue weighted by Crippen LogP contribution is -2.09. The van der Waals surface area contributed by atoms with Gasteiger partial charge in [0.15, 0.2) is 5.82 Å². The predicted molar refractivity (Wildman–Crippen MR) is 63.1 cm³/mol. The summed E-state index contributed by atoms with van der Waals surface area (Å²) in [6.45, 7) is 6.28. The van der Waals surface area contributed by atoms with Crippen molar-refractivity contribution in [2.45, 2.75) is 51.7 Å². The van der Waals surface area contributed by atoms with Gasteiger partial charge in [0, 0.05) is 11.8 Å². The van der Waals surface area contributed by atoms with Crippen molar-refractivity contribution >= 4 is 5.82 Å². The molecule has 1 aliphatic heterocycles. The number of nitrogens with zero attached hydrogens (tertiary/aromatic N) is 2. The van der Waals surface area contributed by atoms with Gasteiger partial charge in [-0.15, -0.1) is 0 Å². The minimum atomic E-state index is 0.0241. The van der Waals surface area contributed by atoms with Crippen LogP contribution in [0.25, 0.3) is 0 Å². The molecule has 4 heteroatoms. The van der Waals surface area contributed by atoms with Gasteiger partial charge in [-0.3, -0.25) is 0 Å². The van der Waals surface area contributed by atoms with Crippen LogP contribution in [0.3, 0.4) is 0 Å². The van der Waals surface area contributed by atoms with E-state index >= 15 is 0 Å². The molecule has 1 aromatic heterocycles. The van der Waals surface area contributed by atoms with Crippen molar-refractivity contribution in [3.63, 3.8) is 0 Å². The molecule has 2 atom stereocenters. The summed E-state index contributed by atoms with van der Waals surface area (Å²) < 4.78 is 5.76. The second kappa shape index (κ2) is 4.37. The van der Waals surface area contributed by atoms with Crippen molar-refractivity contribution in [3.05, 3.63) is 17.6 Å². The molecule has 2 heterocycles. The molecule has 1 fully saturated rings. The lowest BCUT2D eigenvalue weighted by molar-refractivity contribution is 0.0502. The summed E-state index contributed by atoms with van der Waals surface area (Å²) in [5, 5.41) is 0. The molecule has 2 rings (SSSR count). The topological polar surface area (TPSA) is 61.0 Å². The molecule has 88 valence electrons. The van der Waals surface area contributed by atoms with E-state index in [9.17, 15) is 0 Å². The number of hydrogen-bond acceptors (Lipinski definition) is 4. The summed E-state index contributed by atoms with van der Waals surface area (Å²) in [4.78, 5) is 8.81. The Labute approximate surface area is 96.2 Å². The lowest BCUT2D eigenvalue weighted by atomic mass is 10.1. The highest BCUT2D eigenvalue weighted by molar-refractivity contribution is 5.31. The van der Waals surface area contributed by atoms with E-state index in [4.69, 9.17) is 10.5 Å². The molecule has 2 unspecified atom stereocenters. The molecular formula is C12H19N3O. The summed E-state index contributed by atoms with van der Waals surface area (Å²) in [6, 6.07) is 1.84. The van der Waals surface area contributed by atoms with Crippen LogP contribution in [-0.4, -0.2) is 16.1 Å². The van der Waals surface area contributed by atoms with Crippen molar-refractivity contribution in [1.29, 1.82) is 0 Å². The highest BCUT2D eigenvalue weighted by Gasteiger charge is 2.26. The molecule has 1 aromatic rings. The molecule has 0 aliphatic carbocycles. The summed E-state index contributed by atoms with van der Waals surface area (Å²) in [5.74, 6) is 1.65. The van der Waals surface area contributed by atoms with E-state index < -0.39 is 0 Å². The molecule has 0 saturated carbocycles. The van der Waals surface area contributed by atoms with Crippen molar-refractivity contribution in [1.82, 2.24) is 9.97 Å². The van der Waals surface area contributed by atoms with Crippen molar-refractivity contribution < 1.29 is 4.74 Å². The minimum absolute atomic E-state index is 0.0241. The third kappa shape index (κ3) is 2.32. The average Bonchev–Trinajstić information content (AvgIpc) is 2.64. The van der Waals surface area contributed by atoms with Crippen LogP contribution < -0.4 is 5.73 Å². The van der Waals surface area contributed by atoms with Gasteiger partial charge in [0.1, 0.15) is 11.9 Å². The SMILES string of the molecule is CC1CCC(c2nc(N)cc(C(C)C)n2)O1. The highest BCUT2D eigenvalue weighted by Crippen LogP contribution is 2.31. The molecule has 1 aliphatic rings. The molecule has 16 heavy (non-hydrogen) atoms. The van der Waals surface area contributed by atoms with E-state index in [1.54, 1.807) is 0 Å². The second-order valence-corrected chi connectivity index (χ2v) is 4.74. The number of ether oxygens (including phenoxy) is 1. The molecule has 1 saturated heterocycles. The van der Waals surface area contributed by atoms with Crippen LogP contribution in [-0.2, 0) is 4.74 Å². The maximum Gasteiger partial charge on any atom is 0.159 e. The van der Waals surface area contributed by atoms with Gasteiger partial charge in [-0.2, -0.15) is 0 Å². The molecule has 0 bridgehead atoms. The van der Waals surface area contributed by atoms with Crippen LogP contribution in [0.2, 0.25) is 0 Å². The van der Waals surface area contributed by atoms with Crippen LogP contribution in [0.15, 0.2) is 6.07 Å². The van der Waals surface area contributed by atoms with Crippen LogP contribution in [0.5, 0.6) is 0 Å². The second-order valence-electron chi connectivity index (χ2n) is 4.74. The standard InChI is InChI=1S/C12H19N3O/c1-7(2)9-6-11(13)15-12(14-9)10-5-4-8(3)16-10/h6-8,10H,4-5H2,1-3H3,(H2,13,14,15). The van der Waals surface area contributed by atoms with Gasteiger partial charge in [-0.05, 0) is 25.7 Å². The Morgan fingerprint density at radius 2 is 2.12 bits per heavy atom. The Morgan fingerprint density at radius 1 is 1.38 bits per heavy atom. The fourth-order valence-corrected chi connectivity index (χ4v) is 1.94. The van der Waals surface area contributed by atoms with Gasteiger partial charge < -0.3 is 10.5 Å². The van der Waals surface area contributed by atoms with E-state index in [0.717, 1.165) is 24.4 Å². The lowest BCUT2D eigenvalue weighted by Gasteiger charge is -2.13. The van der Waals surface area contributed by atoms with Gasteiger partial charge in [-0.1, -0.05) is 13.8 Å². The largest absolute Gasteiger partial charge is 0.384 e. The molecule has 0 spiro atoms. The molecule has 0 aromatic carbocycles. The normalized spacial score (nSPS) is 25.2. The van der Waals surface area contributed by atoms with Crippen molar-refractivity contribution in [2.75, 3.05) is 5.73 Å². The number of nitrogens with two attached hydrogens (primary N) is 1. The van der Waals surface area contributed by atoms with Gasteiger partial charge >= 0.3 is 0 Å². The van der Waals surface area contributed by atoms with Crippen molar-refractivity contribution in [2.24, 2.45) is 0 Å². The van der Waals surface area contributed by atoms with E-state index in [0.29, 0.717) is 17.8 Å². The minimum Gasteiger partial charge on any atom is -0.384 e. The molecule has 4 nitrogen and oxygen atoms in total. The highest BCUT2D eigenvalue weighted by atomic mass is 16.5. The van der Waals surface area contributed by atoms with Gasteiger partial charge in [0.25, 0.3) is 0 Å². The van der Waals surface area contributed by atoms with E-state index in [-0.39, 0.29) is 6.10 Å². The molecular weight excluding hydrogens is 202 g/mol. The first-order chi connectivity index (χ1) is 7.56. The zero-order valence-corrected chi connectivity index (χ0v) is 10.1. The van der Waals surface area contributed by atoms with E-state index in [1.807, 2.05) is 6.07 Å². The van der Waals surface area contributed by atoms with Crippen LogP contribution in [0.1, 0.15) is 57.2 Å². The number of hydrogen-bond donors (Lipinski definition) is 1. The summed E-state index contributed by atoms with van der Waals surface area (Å²) in [7, 11) is 0. The zero-order chi connectivity index (χ0) is 11.7. The average molecular weight is 221 g/mol. The Balaban J connectivity index is 2.27. The summed E-state index contributed by atoms with van der Waals surface area (Å²) >= 11 is 0. The third-order valence-electron chi connectivity index (χ3n) is 2.89. The fraction of sp³-hybridized carbons (Fsp3) is 0.667. The number of anilines is 1. The number of rotatable bonds is 2. The Hall–Kier alpha value is -1.16. The smallest absolute Gasteiger partial charge is 0.159 e. The first-order valence-electron chi connectivity index (χ1n) is 5.86. The monoisotopic (exact) mass is 221 g/mol. The quantitative estimate of drug-likeness (QED) is 0.833. The fourth-order valence-electron chi connectivity index (χ4n) is 1.94. The Morgan fingerprint density at radius 3 is 2.69 bits per heavy atom. The van der Waals surface area contributed by atoms with Gasteiger partial charge in [0.05, 0.1) is 6.10 Å². The first-order valence-corrected chi connectivity index (χ1v) is 5.86. The van der Waals surface area contributed by atoms with E-state index in [1.165, 1.54) is 0 Å². The van der Waals surface area contributed by atoms with Crippen LogP contribution in [0, 0.1) is 0 Å². The maximum absolute atomic E-state index is 5.79. The Bertz CT molecular complexity index is 379. The first kappa shape index (κ1) is 11.3. The summed E-state index contributed by atoms with van der Waals surface area (Å²) in [6.07, 6.45) is 2.38. The van der Waals surface area contributed by atoms with Crippen molar-refractivity contribution in [3.8, 4) is 0 Å². The number of nitrogen functional groups attached to an aromatic ring is 1. The van der Waals surface area contributed by atoms with Crippen LogP contribution in [0.4, 0.5) is 5.82 Å². The molecule has 0 radical (unpaired) electrons. The van der Waals surface area contributed by atoms with Gasteiger partial charge in [-0.25, -0.2) is 9.97 Å². The number of aromatic nitrogens is 2. The van der Waals surface area contributed by atoms with E-state index in [2.05, 4.69) is 30.7 Å². The zero-order valence-electron chi connectivity index (χ0n) is 10.1. The predicted octanol–water partition coefficient (Wildman–Crippen LogP) is 2.42. The van der Waals surface area contributed by atoms with Gasteiger partial charge in [0.2, 0.25) is 0 Å². The third-order valence-corrected chi connectivity index (χ3v) is 2.89. The molecule has 2 N–H and O–H groups in total. The maximum atomic E-state index is 5.79. The summed E-state index contributed by atoms with van der Waals surface area (Å²) in [5.41, 5.74) is 6.78.